The molecule has 2 rings (SSSR count). The Bertz CT molecular complexity index is 748. The fourth-order valence-electron chi connectivity index (χ4n) is 2.09. The van der Waals surface area contributed by atoms with Crippen LogP contribution >= 0.6 is 27.7 Å². The molecule has 0 bridgehead atoms. The first kappa shape index (κ1) is 18.3. The number of halogens is 1. The van der Waals surface area contributed by atoms with Crippen LogP contribution in [0.1, 0.15) is 12.5 Å². The molecule has 1 aromatic carbocycles. The van der Waals surface area contributed by atoms with Crippen LogP contribution in [0.2, 0.25) is 0 Å². The highest BCUT2D eigenvalue weighted by molar-refractivity contribution is 9.10. The number of rotatable bonds is 4. The lowest BCUT2D eigenvalue weighted by Gasteiger charge is -2.18. The van der Waals surface area contributed by atoms with Crippen LogP contribution in [0.15, 0.2) is 21.5 Å². The molecule has 1 unspecified atom stereocenters. The molecule has 1 aliphatic heterocycles. The molecule has 1 aromatic rings. The molecule has 0 saturated carbocycles. The second-order valence-electron chi connectivity index (χ2n) is 4.80. The molecule has 1 saturated heterocycles. The topological polar surface area (TPSA) is 93.1 Å². The van der Waals surface area contributed by atoms with Crippen molar-refractivity contribution in [3.63, 3.8) is 0 Å². The zero-order chi connectivity index (χ0) is 18.0. The van der Waals surface area contributed by atoms with E-state index in [2.05, 4.69) is 20.7 Å². The number of ether oxygens (including phenoxy) is 2. The number of nitrogens with zero attached hydrogens (tertiary/aromatic N) is 1. The fraction of sp³-hybridized carbons (Fsp3) is 0.267. The van der Waals surface area contributed by atoms with Crippen LogP contribution in [0.3, 0.4) is 0 Å². The van der Waals surface area contributed by atoms with Crippen LogP contribution in [-0.2, 0) is 14.3 Å². The third-order valence-corrected chi connectivity index (χ3v) is 4.67. The van der Waals surface area contributed by atoms with E-state index in [9.17, 15) is 19.5 Å². The van der Waals surface area contributed by atoms with Crippen molar-refractivity contribution in [2.45, 2.75) is 13.0 Å². The molecular formula is C15H14BrNO6S. The normalized spacial score (nSPS) is 17.3. The molecule has 0 radical (unpaired) electrons. The zero-order valence-corrected chi connectivity index (χ0v) is 15.4. The van der Waals surface area contributed by atoms with Crippen LogP contribution in [0, 0.1) is 0 Å². The van der Waals surface area contributed by atoms with Crippen molar-refractivity contribution in [1.82, 2.24) is 4.90 Å². The molecule has 1 N–H and O–H groups in total. The quantitative estimate of drug-likeness (QED) is 0.596. The summed E-state index contributed by atoms with van der Waals surface area (Å²) in [6.45, 7) is 1.41. The Kier molecular flexibility index (Phi) is 5.55. The number of hydrogen-bond donors (Lipinski definition) is 1. The SMILES string of the molecule is COC(=O)C(C)N1C(=O)S/C(=C/c2cc(Br)cc(OC)c2O)C1=O. The van der Waals surface area contributed by atoms with Gasteiger partial charge in [-0.25, -0.2) is 4.79 Å². The second kappa shape index (κ2) is 7.27. The van der Waals surface area contributed by atoms with E-state index < -0.39 is 23.2 Å². The summed E-state index contributed by atoms with van der Waals surface area (Å²) in [6, 6.07) is 2.12. The molecular weight excluding hydrogens is 402 g/mol. The van der Waals surface area contributed by atoms with Crippen molar-refractivity contribution < 1.29 is 29.0 Å². The van der Waals surface area contributed by atoms with Gasteiger partial charge < -0.3 is 14.6 Å². The van der Waals surface area contributed by atoms with Crippen molar-refractivity contribution in [1.29, 1.82) is 0 Å². The van der Waals surface area contributed by atoms with E-state index in [4.69, 9.17) is 4.74 Å². The minimum Gasteiger partial charge on any atom is -0.504 e. The number of carbonyl (C=O) groups is 3. The monoisotopic (exact) mass is 415 g/mol. The van der Waals surface area contributed by atoms with Gasteiger partial charge in [-0.2, -0.15) is 0 Å². The van der Waals surface area contributed by atoms with Gasteiger partial charge in [-0.05, 0) is 36.9 Å². The van der Waals surface area contributed by atoms with Gasteiger partial charge >= 0.3 is 5.97 Å². The molecule has 1 fully saturated rings. The fourth-order valence-corrected chi connectivity index (χ4v) is 3.44. The van der Waals surface area contributed by atoms with Gasteiger partial charge in [-0.3, -0.25) is 14.5 Å². The third-order valence-electron chi connectivity index (χ3n) is 3.33. The minimum atomic E-state index is -1.03. The smallest absolute Gasteiger partial charge is 0.328 e. The number of thioether (sulfide) groups is 1. The Balaban J connectivity index is 2.39. The molecule has 1 heterocycles. The van der Waals surface area contributed by atoms with Gasteiger partial charge in [-0.1, -0.05) is 15.9 Å². The van der Waals surface area contributed by atoms with Crippen molar-refractivity contribution in [3.05, 3.63) is 27.1 Å². The van der Waals surface area contributed by atoms with E-state index in [1.165, 1.54) is 27.2 Å². The summed E-state index contributed by atoms with van der Waals surface area (Å²) in [5.74, 6) is -1.25. The number of imide groups is 1. The van der Waals surface area contributed by atoms with Gasteiger partial charge in [0.1, 0.15) is 6.04 Å². The van der Waals surface area contributed by atoms with Gasteiger partial charge in [0.25, 0.3) is 11.1 Å². The van der Waals surface area contributed by atoms with E-state index >= 15 is 0 Å². The van der Waals surface area contributed by atoms with Crippen LogP contribution in [0.4, 0.5) is 4.79 Å². The zero-order valence-electron chi connectivity index (χ0n) is 13.0. The minimum absolute atomic E-state index is 0.0891. The van der Waals surface area contributed by atoms with Gasteiger partial charge in [0.2, 0.25) is 0 Å². The summed E-state index contributed by atoms with van der Waals surface area (Å²) in [7, 11) is 2.58. The number of aromatic hydroxyl groups is 1. The van der Waals surface area contributed by atoms with Crippen LogP contribution in [0.25, 0.3) is 6.08 Å². The largest absolute Gasteiger partial charge is 0.504 e. The van der Waals surface area contributed by atoms with Crippen molar-refractivity contribution in [3.8, 4) is 11.5 Å². The molecule has 2 amide bonds. The van der Waals surface area contributed by atoms with Crippen LogP contribution < -0.4 is 4.74 Å². The highest BCUT2D eigenvalue weighted by Crippen LogP contribution is 2.39. The van der Waals surface area contributed by atoms with Crippen LogP contribution in [-0.4, -0.2) is 47.4 Å². The number of esters is 1. The van der Waals surface area contributed by atoms with E-state index in [0.717, 1.165) is 4.90 Å². The summed E-state index contributed by atoms with van der Waals surface area (Å²) in [5, 5.41) is 9.57. The Morgan fingerprint density at radius 2 is 2.04 bits per heavy atom. The van der Waals surface area contributed by atoms with Crippen molar-refractivity contribution in [2.75, 3.05) is 14.2 Å². The number of carbonyl (C=O) groups excluding carboxylic acids is 3. The number of methoxy groups -OCH3 is 2. The Hall–Kier alpha value is -2.00. The van der Waals surface area contributed by atoms with Crippen LogP contribution in [0.5, 0.6) is 11.5 Å². The first-order valence-electron chi connectivity index (χ1n) is 6.71. The first-order chi connectivity index (χ1) is 11.3. The number of amides is 2. The highest BCUT2D eigenvalue weighted by atomic mass is 79.9. The summed E-state index contributed by atoms with van der Waals surface area (Å²) >= 11 is 3.96. The van der Waals surface area contributed by atoms with Gasteiger partial charge in [-0.15, -0.1) is 0 Å². The third kappa shape index (κ3) is 3.41. The molecule has 0 aromatic heterocycles. The van der Waals surface area contributed by atoms with Crippen molar-refractivity contribution in [2.24, 2.45) is 0 Å². The Morgan fingerprint density at radius 1 is 1.38 bits per heavy atom. The Labute approximate surface area is 150 Å². The molecule has 9 heteroatoms. The number of hydrogen-bond acceptors (Lipinski definition) is 7. The maximum absolute atomic E-state index is 12.4. The molecule has 128 valence electrons. The molecule has 0 spiro atoms. The maximum Gasteiger partial charge on any atom is 0.328 e. The molecule has 24 heavy (non-hydrogen) atoms. The van der Waals surface area contributed by atoms with Gasteiger partial charge in [0.15, 0.2) is 11.5 Å². The number of benzene rings is 1. The lowest BCUT2D eigenvalue weighted by atomic mass is 10.1. The van der Waals surface area contributed by atoms with Gasteiger partial charge in [0, 0.05) is 10.0 Å². The summed E-state index contributed by atoms with van der Waals surface area (Å²) in [4.78, 5) is 37.0. The molecule has 1 atom stereocenters. The second-order valence-corrected chi connectivity index (χ2v) is 6.71. The average Bonchev–Trinajstić information content (AvgIpc) is 2.82. The first-order valence-corrected chi connectivity index (χ1v) is 8.32. The summed E-state index contributed by atoms with van der Waals surface area (Å²) in [5.41, 5.74) is 0.303. The molecule has 7 nitrogen and oxygen atoms in total. The average molecular weight is 416 g/mol. The standard InChI is InChI=1S/C15H14BrNO6S/c1-7(14(20)23-3)17-13(19)11(24-15(17)21)5-8-4-9(16)6-10(22-2)12(8)18/h4-7,18H,1-3H3/b11-5+. The Morgan fingerprint density at radius 3 is 2.62 bits per heavy atom. The van der Waals surface area contributed by atoms with E-state index in [1.807, 2.05) is 0 Å². The summed E-state index contributed by atoms with van der Waals surface area (Å²) in [6.07, 6.45) is 1.37. The highest BCUT2D eigenvalue weighted by Gasteiger charge is 2.41. The number of phenols is 1. The van der Waals surface area contributed by atoms with E-state index in [-0.39, 0.29) is 16.4 Å². The van der Waals surface area contributed by atoms with Crippen molar-refractivity contribution >= 4 is 50.9 Å². The van der Waals surface area contributed by atoms with E-state index in [1.54, 1.807) is 12.1 Å². The maximum atomic E-state index is 12.4. The predicted octanol–water partition coefficient (Wildman–Crippen LogP) is 2.76. The van der Waals surface area contributed by atoms with Gasteiger partial charge in [0.05, 0.1) is 19.1 Å². The summed E-state index contributed by atoms with van der Waals surface area (Å²) < 4.78 is 10.2. The lowest BCUT2D eigenvalue weighted by Crippen LogP contribution is -2.42. The molecule has 1 aliphatic rings. The van der Waals surface area contributed by atoms with E-state index in [0.29, 0.717) is 21.8 Å². The molecule has 0 aliphatic carbocycles. The lowest BCUT2D eigenvalue weighted by molar-refractivity contribution is -0.148. The predicted molar refractivity (Wildman–Crippen MR) is 91.6 cm³/mol. The number of phenolic OH excluding ortho intramolecular Hbond substituents is 1.